The van der Waals surface area contributed by atoms with Gasteiger partial charge >= 0.3 is 0 Å². The zero-order chi connectivity index (χ0) is 19.9. The molecule has 0 aliphatic rings. The molecule has 6 heteroatoms. The Morgan fingerprint density at radius 3 is 2.54 bits per heavy atom. The summed E-state index contributed by atoms with van der Waals surface area (Å²) in [5.74, 6) is -0.200. The van der Waals surface area contributed by atoms with Gasteiger partial charge in [0, 0.05) is 0 Å². The van der Waals surface area contributed by atoms with Crippen molar-refractivity contribution >= 4 is 11.6 Å². The number of aryl methyl sites for hydroxylation is 3. The largest absolute Gasteiger partial charge is 0.497 e. The van der Waals surface area contributed by atoms with Gasteiger partial charge in [0.1, 0.15) is 11.6 Å². The van der Waals surface area contributed by atoms with E-state index in [9.17, 15) is 9.18 Å². The second-order valence-electron chi connectivity index (χ2n) is 6.56. The molecule has 0 aliphatic heterocycles. The Kier molecular flexibility index (Phi) is 6.42. The molecule has 5 nitrogen and oxygen atoms in total. The van der Waals surface area contributed by atoms with Crippen molar-refractivity contribution in [3.8, 4) is 5.75 Å². The second kappa shape index (κ2) is 9.17. The molecule has 3 rings (SSSR count). The van der Waals surface area contributed by atoms with E-state index in [1.54, 1.807) is 19.2 Å². The molecule has 0 spiro atoms. The number of rotatable bonds is 8. The van der Waals surface area contributed by atoms with Crippen LogP contribution < -0.4 is 10.1 Å². The molecule has 0 saturated heterocycles. The zero-order valence-electron chi connectivity index (χ0n) is 16.1. The average Bonchev–Trinajstić information content (AvgIpc) is 3.08. The number of carbonyl (C=O) groups excluding carboxylic acids is 1. The number of halogens is 1. The van der Waals surface area contributed by atoms with Crippen LogP contribution in [0.3, 0.4) is 0 Å². The van der Waals surface area contributed by atoms with E-state index in [1.807, 2.05) is 24.3 Å². The molecule has 0 bridgehead atoms. The van der Waals surface area contributed by atoms with Crippen LogP contribution in [0.2, 0.25) is 0 Å². The highest BCUT2D eigenvalue weighted by Crippen LogP contribution is 2.23. The van der Waals surface area contributed by atoms with Crippen molar-refractivity contribution in [1.29, 1.82) is 0 Å². The highest BCUT2D eigenvalue weighted by Gasteiger charge is 2.18. The van der Waals surface area contributed by atoms with Crippen LogP contribution in [0.15, 0.2) is 48.5 Å². The maximum atomic E-state index is 14.0. The summed E-state index contributed by atoms with van der Waals surface area (Å²) in [5.41, 5.74) is 3.45. The van der Waals surface area contributed by atoms with Gasteiger partial charge in [-0.3, -0.25) is 9.89 Å². The Morgan fingerprint density at radius 2 is 1.86 bits per heavy atom. The summed E-state index contributed by atoms with van der Waals surface area (Å²) < 4.78 is 19.1. The third kappa shape index (κ3) is 4.57. The summed E-state index contributed by atoms with van der Waals surface area (Å²) >= 11 is 0. The summed E-state index contributed by atoms with van der Waals surface area (Å²) in [4.78, 5) is 12.6. The number of nitrogens with zero attached hydrogens (tertiary/aromatic N) is 1. The van der Waals surface area contributed by atoms with Crippen molar-refractivity contribution in [3.63, 3.8) is 0 Å². The van der Waals surface area contributed by atoms with Crippen molar-refractivity contribution in [2.24, 2.45) is 0 Å². The molecule has 1 heterocycles. The highest BCUT2D eigenvalue weighted by atomic mass is 19.1. The van der Waals surface area contributed by atoms with Gasteiger partial charge in [-0.1, -0.05) is 37.6 Å². The summed E-state index contributed by atoms with van der Waals surface area (Å²) in [5, 5.41) is 10.3. The molecule has 28 heavy (non-hydrogen) atoms. The number of anilines is 1. The predicted molar refractivity (Wildman–Crippen MR) is 107 cm³/mol. The minimum absolute atomic E-state index is 0.0206. The maximum Gasteiger partial charge on any atom is 0.258 e. The smallest absolute Gasteiger partial charge is 0.258 e. The third-order valence-corrected chi connectivity index (χ3v) is 4.58. The molecular weight excluding hydrogens is 357 g/mol. The van der Waals surface area contributed by atoms with E-state index in [4.69, 9.17) is 4.74 Å². The topological polar surface area (TPSA) is 67.0 Å². The SMILES string of the molecule is CCCc1[nH]nc(CCc2ccc(OC)cc2)c1NC(=O)c1ccccc1F. The Balaban J connectivity index is 1.78. The second-order valence-corrected chi connectivity index (χ2v) is 6.56. The van der Waals surface area contributed by atoms with E-state index in [2.05, 4.69) is 22.4 Å². The lowest BCUT2D eigenvalue weighted by atomic mass is 10.1. The van der Waals surface area contributed by atoms with E-state index in [0.717, 1.165) is 42.0 Å². The van der Waals surface area contributed by atoms with E-state index in [-0.39, 0.29) is 5.56 Å². The lowest BCUT2D eigenvalue weighted by Gasteiger charge is -2.09. The molecule has 3 aromatic rings. The number of benzene rings is 2. The summed E-state index contributed by atoms with van der Waals surface area (Å²) in [7, 11) is 1.64. The van der Waals surface area contributed by atoms with Crippen molar-refractivity contribution in [3.05, 3.63) is 76.9 Å². The Bertz CT molecular complexity index is 935. The molecule has 1 aromatic heterocycles. The van der Waals surface area contributed by atoms with Gasteiger partial charge in [0.2, 0.25) is 0 Å². The van der Waals surface area contributed by atoms with Crippen LogP contribution >= 0.6 is 0 Å². The first kappa shape index (κ1) is 19.6. The van der Waals surface area contributed by atoms with Crippen LogP contribution in [0, 0.1) is 5.82 Å². The molecule has 0 atom stereocenters. The van der Waals surface area contributed by atoms with Gasteiger partial charge < -0.3 is 10.1 Å². The summed E-state index contributed by atoms with van der Waals surface area (Å²) in [6.07, 6.45) is 3.08. The van der Waals surface area contributed by atoms with Crippen molar-refractivity contribution in [1.82, 2.24) is 10.2 Å². The summed E-state index contributed by atoms with van der Waals surface area (Å²) in [6.45, 7) is 2.06. The number of aromatic nitrogens is 2. The molecule has 0 aliphatic carbocycles. The lowest BCUT2D eigenvalue weighted by molar-refractivity contribution is 0.102. The number of hydrogen-bond donors (Lipinski definition) is 2. The fraction of sp³-hybridized carbons (Fsp3) is 0.273. The van der Waals surface area contributed by atoms with Crippen LogP contribution in [0.1, 0.15) is 40.7 Å². The monoisotopic (exact) mass is 381 g/mol. The quantitative estimate of drug-likeness (QED) is 0.602. The number of ether oxygens (including phenoxy) is 1. The van der Waals surface area contributed by atoms with Crippen molar-refractivity contribution in [2.75, 3.05) is 12.4 Å². The van der Waals surface area contributed by atoms with Crippen molar-refractivity contribution < 1.29 is 13.9 Å². The first-order valence-corrected chi connectivity index (χ1v) is 9.37. The van der Waals surface area contributed by atoms with Gasteiger partial charge in [0.15, 0.2) is 0 Å². The number of aromatic amines is 1. The Morgan fingerprint density at radius 1 is 1.11 bits per heavy atom. The van der Waals surface area contributed by atoms with Gasteiger partial charge in [-0.25, -0.2) is 4.39 Å². The summed E-state index contributed by atoms with van der Waals surface area (Å²) in [6, 6.07) is 13.8. The minimum atomic E-state index is -0.541. The normalized spacial score (nSPS) is 10.7. The van der Waals surface area contributed by atoms with Crippen LogP contribution in [0.25, 0.3) is 0 Å². The van der Waals surface area contributed by atoms with Gasteiger partial charge in [-0.2, -0.15) is 5.10 Å². The van der Waals surface area contributed by atoms with E-state index < -0.39 is 11.7 Å². The average molecular weight is 381 g/mol. The van der Waals surface area contributed by atoms with E-state index in [0.29, 0.717) is 12.1 Å². The molecule has 0 fully saturated rings. The molecule has 2 aromatic carbocycles. The number of amides is 1. The lowest BCUT2D eigenvalue weighted by Crippen LogP contribution is -2.15. The predicted octanol–water partition coefficient (Wildman–Crippen LogP) is 4.55. The molecule has 2 N–H and O–H groups in total. The number of methoxy groups -OCH3 is 1. The van der Waals surface area contributed by atoms with Gasteiger partial charge in [-0.15, -0.1) is 0 Å². The fourth-order valence-electron chi connectivity index (χ4n) is 3.06. The molecule has 1 amide bonds. The van der Waals surface area contributed by atoms with Crippen LogP contribution in [-0.2, 0) is 19.3 Å². The van der Waals surface area contributed by atoms with Gasteiger partial charge in [-0.05, 0) is 49.1 Å². The van der Waals surface area contributed by atoms with Gasteiger partial charge in [0.05, 0.1) is 29.7 Å². The number of nitrogens with one attached hydrogen (secondary N) is 2. The number of hydrogen-bond acceptors (Lipinski definition) is 3. The standard InChI is InChI=1S/C22H24FN3O2/c1-3-6-19-21(24-22(27)17-7-4-5-8-18(17)23)20(26-25-19)14-11-15-9-12-16(28-2)13-10-15/h4-5,7-10,12-13H,3,6,11,14H2,1-2H3,(H,24,27)(H,25,26). The first-order chi connectivity index (χ1) is 13.6. The number of carbonyl (C=O) groups is 1. The van der Waals surface area contributed by atoms with E-state index in [1.165, 1.54) is 12.1 Å². The maximum absolute atomic E-state index is 14.0. The van der Waals surface area contributed by atoms with Crippen LogP contribution in [0.5, 0.6) is 5.75 Å². The molecular formula is C22H24FN3O2. The number of H-pyrrole nitrogens is 1. The fourth-order valence-corrected chi connectivity index (χ4v) is 3.06. The molecule has 146 valence electrons. The van der Waals surface area contributed by atoms with Crippen LogP contribution in [-0.4, -0.2) is 23.2 Å². The molecule has 0 unspecified atom stereocenters. The highest BCUT2D eigenvalue weighted by molar-refractivity contribution is 6.05. The Hall–Kier alpha value is -3.15. The van der Waals surface area contributed by atoms with Crippen LogP contribution in [0.4, 0.5) is 10.1 Å². The first-order valence-electron chi connectivity index (χ1n) is 9.37. The Labute approximate surface area is 163 Å². The third-order valence-electron chi connectivity index (χ3n) is 4.58. The zero-order valence-corrected chi connectivity index (χ0v) is 16.1. The van der Waals surface area contributed by atoms with Crippen molar-refractivity contribution in [2.45, 2.75) is 32.6 Å². The minimum Gasteiger partial charge on any atom is -0.497 e. The molecule has 0 saturated carbocycles. The van der Waals surface area contributed by atoms with E-state index >= 15 is 0 Å². The molecule has 0 radical (unpaired) electrons. The van der Waals surface area contributed by atoms with Gasteiger partial charge in [0.25, 0.3) is 5.91 Å².